The minimum Gasteiger partial charge on any atom is -0.443 e. The molecule has 0 aromatic heterocycles. The number of carbonyl (C=O) groups excluding carboxylic acids is 2. The average molecular weight is 499 g/mol. The Balaban J connectivity index is 2.14. The maximum absolute atomic E-state index is 13.7. The summed E-state index contributed by atoms with van der Waals surface area (Å²) in [4.78, 5) is 28.8. The van der Waals surface area contributed by atoms with Crippen LogP contribution >= 0.6 is 35.4 Å². The third-order valence-electron chi connectivity index (χ3n) is 4.94. The van der Waals surface area contributed by atoms with Gasteiger partial charge in [0.25, 0.3) is 5.91 Å². The highest BCUT2D eigenvalue weighted by Gasteiger charge is 2.60. The molecule has 32 heavy (non-hydrogen) atoms. The van der Waals surface area contributed by atoms with Crippen molar-refractivity contribution in [2.75, 3.05) is 4.90 Å². The molecule has 2 atom stereocenters. The van der Waals surface area contributed by atoms with Crippen molar-refractivity contribution in [1.29, 1.82) is 0 Å². The molecular formula is C22H21Cl2FN2O4S. The number of aliphatic hydroxyl groups is 1. The van der Waals surface area contributed by atoms with Crippen LogP contribution in [0.3, 0.4) is 0 Å². The van der Waals surface area contributed by atoms with Gasteiger partial charge < -0.3 is 9.84 Å². The molecule has 2 aromatic rings. The second-order valence-corrected chi connectivity index (χ2v) is 9.65. The minimum atomic E-state index is -1.87. The number of nitrogens with zero attached hydrogens (tertiary/aromatic N) is 2. The molecule has 6 nitrogen and oxygen atoms in total. The largest absolute Gasteiger partial charge is 0.443 e. The molecule has 0 aliphatic carbocycles. The quantitative estimate of drug-likeness (QED) is 0.566. The van der Waals surface area contributed by atoms with E-state index in [1.807, 2.05) is 0 Å². The van der Waals surface area contributed by atoms with E-state index >= 15 is 0 Å². The van der Waals surface area contributed by atoms with Crippen LogP contribution in [0.5, 0.6) is 0 Å². The van der Waals surface area contributed by atoms with Crippen LogP contribution in [0.15, 0.2) is 42.5 Å². The van der Waals surface area contributed by atoms with E-state index in [0.717, 1.165) is 15.9 Å². The van der Waals surface area contributed by atoms with Gasteiger partial charge in [-0.15, -0.1) is 0 Å². The van der Waals surface area contributed by atoms with Crippen LogP contribution in [0.1, 0.15) is 39.4 Å². The van der Waals surface area contributed by atoms with Gasteiger partial charge in [-0.3, -0.25) is 9.69 Å². The van der Waals surface area contributed by atoms with Crippen molar-refractivity contribution in [2.45, 2.75) is 44.9 Å². The Kier molecular flexibility index (Phi) is 6.55. The van der Waals surface area contributed by atoms with E-state index < -0.39 is 35.1 Å². The molecule has 2 amide bonds. The highest BCUT2D eigenvalue weighted by atomic mass is 35.5. The molecular weight excluding hydrogens is 478 g/mol. The number of anilines is 1. The molecule has 1 aliphatic heterocycles. The molecule has 0 spiro atoms. The van der Waals surface area contributed by atoms with Gasteiger partial charge in [-0.25, -0.2) is 14.1 Å². The lowest BCUT2D eigenvalue weighted by Crippen LogP contribution is -2.55. The minimum absolute atomic E-state index is 0.145. The number of amides is 2. The first-order valence-electron chi connectivity index (χ1n) is 9.57. The Morgan fingerprint density at radius 2 is 1.78 bits per heavy atom. The molecule has 1 N–H and O–H groups in total. The summed E-state index contributed by atoms with van der Waals surface area (Å²) in [5, 5.41) is 11.2. The van der Waals surface area contributed by atoms with Crippen LogP contribution in [0, 0.1) is 5.82 Å². The van der Waals surface area contributed by atoms with E-state index in [9.17, 15) is 19.1 Å². The van der Waals surface area contributed by atoms with Crippen molar-refractivity contribution in [3.63, 3.8) is 0 Å². The molecule has 0 unspecified atom stereocenters. The number of halogens is 3. The monoisotopic (exact) mass is 498 g/mol. The fraction of sp³-hybridized carbons (Fsp3) is 0.318. The Labute approximate surface area is 200 Å². The van der Waals surface area contributed by atoms with Crippen LogP contribution < -0.4 is 4.90 Å². The first-order valence-corrected chi connectivity index (χ1v) is 10.7. The summed E-state index contributed by atoms with van der Waals surface area (Å²) in [5.74, 6) is -1.39. The van der Waals surface area contributed by atoms with Crippen LogP contribution in [-0.2, 0) is 9.53 Å². The lowest BCUT2D eigenvalue weighted by Gasteiger charge is -2.36. The third kappa shape index (κ3) is 4.32. The van der Waals surface area contributed by atoms with Gasteiger partial charge >= 0.3 is 6.09 Å². The zero-order valence-electron chi connectivity index (χ0n) is 17.7. The van der Waals surface area contributed by atoms with Gasteiger partial charge in [0.2, 0.25) is 0 Å². The van der Waals surface area contributed by atoms with Crippen LogP contribution in [0.25, 0.3) is 0 Å². The number of benzene rings is 2. The summed E-state index contributed by atoms with van der Waals surface area (Å²) in [6.07, 6.45) is -2.40. The number of thiocarbonyl (C=S) groups is 1. The summed E-state index contributed by atoms with van der Waals surface area (Å²) in [6.45, 7) is 6.37. The number of hydrogen-bond acceptors (Lipinski definition) is 5. The SMILES string of the molecule is CC(C)(C)OC(=O)N1C(=S)N(c2ccc(F)c(Cl)c2)C(=O)[C@@]1(C)[C@@H](O)c1ccc(Cl)cc1. The van der Waals surface area contributed by atoms with Gasteiger partial charge in [-0.05, 0) is 75.8 Å². The molecule has 1 fully saturated rings. The predicted octanol–water partition coefficient (Wildman–Crippen LogP) is 5.49. The lowest BCUT2D eigenvalue weighted by molar-refractivity contribution is -0.130. The smallest absolute Gasteiger partial charge is 0.417 e. The number of hydrogen-bond donors (Lipinski definition) is 1. The number of rotatable bonds is 3. The lowest BCUT2D eigenvalue weighted by atomic mass is 9.88. The molecule has 2 aromatic carbocycles. The molecule has 3 rings (SSSR count). The van der Waals surface area contributed by atoms with Gasteiger partial charge in [0, 0.05) is 5.02 Å². The van der Waals surface area contributed by atoms with Gasteiger partial charge in [0.1, 0.15) is 17.5 Å². The van der Waals surface area contributed by atoms with Crippen molar-refractivity contribution in [3.05, 3.63) is 63.9 Å². The third-order valence-corrected chi connectivity index (χ3v) is 5.85. The summed E-state index contributed by atoms with van der Waals surface area (Å²) >= 11 is 17.3. The highest BCUT2D eigenvalue weighted by Crippen LogP contribution is 2.42. The predicted molar refractivity (Wildman–Crippen MR) is 124 cm³/mol. The molecule has 1 aliphatic rings. The first kappa shape index (κ1) is 24.4. The van der Waals surface area contributed by atoms with E-state index in [2.05, 4.69) is 0 Å². The first-order chi connectivity index (χ1) is 14.8. The number of ether oxygens (including phenoxy) is 1. The molecule has 170 valence electrons. The summed E-state index contributed by atoms with van der Waals surface area (Å²) in [7, 11) is 0. The highest BCUT2D eigenvalue weighted by molar-refractivity contribution is 7.80. The van der Waals surface area contributed by atoms with Crippen molar-refractivity contribution in [2.24, 2.45) is 0 Å². The topological polar surface area (TPSA) is 70.1 Å². The Hall–Kier alpha value is -2.26. The second kappa shape index (κ2) is 8.59. The van der Waals surface area contributed by atoms with Crippen molar-refractivity contribution < 1.29 is 23.8 Å². The summed E-state index contributed by atoms with van der Waals surface area (Å²) in [6, 6.07) is 9.79. The van der Waals surface area contributed by atoms with Gasteiger partial charge in [-0.2, -0.15) is 0 Å². The molecule has 10 heteroatoms. The number of aliphatic hydroxyl groups excluding tert-OH is 1. The standard InChI is InChI=1S/C22H21Cl2FN2O4S/c1-21(2,3)31-20(30)27-19(32)26(14-9-10-16(25)15(24)11-14)18(29)22(27,4)17(28)12-5-7-13(23)8-6-12/h5-11,17,28H,1-4H3/t17-,22+/m0/s1. The molecule has 0 bridgehead atoms. The van der Waals surface area contributed by atoms with E-state index in [0.29, 0.717) is 10.6 Å². The van der Waals surface area contributed by atoms with Crippen molar-refractivity contribution >= 4 is 58.2 Å². The second-order valence-electron chi connectivity index (χ2n) is 8.44. The van der Waals surface area contributed by atoms with E-state index in [4.69, 9.17) is 40.2 Å². The molecule has 0 radical (unpaired) electrons. The summed E-state index contributed by atoms with van der Waals surface area (Å²) in [5.41, 5.74) is -2.28. The van der Waals surface area contributed by atoms with Crippen molar-refractivity contribution in [3.8, 4) is 0 Å². The van der Waals surface area contributed by atoms with Crippen molar-refractivity contribution in [1.82, 2.24) is 4.90 Å². The maximum Gasteiger partial charge on any atom is 0.417 e. The van der Waals surface area contributed by atoms with E-state index in [-0.39, 0.29) is 15.8 Å². The fourth-order valence-electron chi connectivity index (χ4n) is 3.34. The van der Waals surface area contributed by atoms with Gasteiger partial charge in [0.15, 0.2) is 10.7 Å². The van der Waals surface area contributed by atoms with E-state index in [1.54, 1.807) is 45.0 Å². The number of carbonyl (C=O) groups is 2. The molecule has 1 heterocycles. The fourth-order valence-corrected chi connectivity index (χ4v) is 4.10. The van der Waals surface area contributed by atoms with Crippen LogP contribution in [-0.4, -0.2) is 38.3 Å². The van der Waals surface area contributed by atoms with E-state index in [1.165, 1.54) is 19.1 Å². The molecule has 0 saturated carbocycles. The van der Waals surface area contributed by atoms with Crippen LogP contribution in [0.2, 0.25) is 10.0 Å². The Morgan fingerprint density at radius 1 is 1.19 bits per heavy atom. The zero-order chi connectivity index (χ0) is 24.0. The molecule has 1 saturated heterocycles. The normalized spacial score (nSPS) is 20.0. The van der Waals surface area contributed by atoms with Gasteiger partial charge in [-0.1, -0.05) is 35.3 Å². The maximum atomic E-state index is 13.7. The summed E-state index contributed by atoms with van der Waals surface area (Å²) < 4.78 is 19.2. The van der Waals surface area contributed by atoms with Crippen LogP contribution in [0.4, 0.5) is 14.9 Å². The Bertz CT molecular complexity index is 1090. The zero-order valence-corrected chi connectivity index (χ0v) is 20.1. The average Bonchev–Trinajstić information content (AvgIpc) is 2.89. The van der Waals surface area contributed by atoms with Gasteiger partial charge in [0.05, 0.1) is 10.7 Å². The Morgan fingerprint density at radius 3 is 2.31 bits per heavy atom.